The minimum Gasteiger partial charge on any atom is -0.469 e. The van der Waals surface area contributed by atoms with Gasteiger partial charge in [-0.1, -0.05) is 0 Å². The van der Waals surface area contributed by atoms with Crippen LogP contribution in [0.1, 0.15) is 0 Å². The Balaban J connectivity index is 2.02. The van der Waals surface area contributed by atoms with Gasteiger partial charge in [0.15, 0.2) is 0 Å². The van der Waals surface area contributed by atoms with Gasteiger partial charge in [-0.3, -0.25) is 0 Å². The second-order valence-corrected chi connectivity index (χ2v) is 3.27. The first-order valence-corrected chi connectivity index (χ1v) is 4.36. The highest BCUT2D eigenvalue weighted by Crippen LogP contribution is 2.15. The molecule has 1 aliphatic heterocycles. The highest BCUT2D eigenvalue weighted by atomic mass is 79.9. The molecule has 0 saturated carbocycles. The Kier molecular flexibility index (Phi) is 2.23. The van der Waals surface area contributed by atoms with E-state index in [0.29, 0.717) is 19.1 Å². The molecular weight excluding hydrogens is 224 g/mol. The van der Waals surface area contributed by atoms with Gasteiger partial charge in [0.1, 0.15) is 17.0 Å². The Morgan fingerprint density at radius 2 is 2.33 bits per heavy atom. The first-order valence-electron chi connectivity index (χ1n) is 3.56. The van der Waals surface area contributed by atoms with E-state index in [1.54, 1.807) is 6.07 Å². The van der Waals surface area contributed by atoms with Gasteiger partial charge >= 0.3 is 0 Å². The molecule has 12 heavy (non-hydrogen) atoms. The quantitative estimate of drug-likeness (QED) is 0.712. The Morgan fingerprint density at radius 1 is 1.50 bits per heavy atom. The van der Waals surface area contributed by atoms with Gasteiger partial charge in [0, 0.05) is 6.07 Å². The van der Waals surface area contributed by atoms with Crippen LogP contribution < -0.4 is 4.74 Å². The molecule has 0 N–H and O–H groups in total. The summed E-state index contributed by atoms with van der Waals surface area (Å²) in [5.41, 5.74) is 0. The van der Waals surface area contributed by atoms with Crippen molar-refractivity contribution in [3.8, 4) is 5.88 Å². The van der Waals surface area contributed by atoms with Gasteiger partial charge in [0.2, 0.25) is 5.88 Å². The van der Waals surface area contributed by atoms with Crippen LogP contribution in [0.15, 0.2) is 17.0 Å². The molecule has 1 aromatic heterocycles. The third kappa shape index (κ3) is 1.73. The molecule has 1 saturated heterocycles. The third-order valence-corrected chi connectivity index (χ3v) is 1.94. The Morgan fingerprint density at radius 3 is 2.92 bits per heavy atom. The van der Waals surface area contributed by atoms with Crippen LogP contribution in [0.4, 0.5) is 0 Å². The lowest BCUT2D eigenvalue weighted by molar-refractivity contribution is -0.0814. The minimum atomic E-state index is 0.159. The third-order valence-electron chi connectivity index (χ3n) is 1.50. The van der Waals surface area contributed by atoms with Crippen LogP contribution in [-0.4, -0.2) is 29.3 Å². The predicted octanol–water partition coefficient (Wildman–Crippen LogP) is 1.02. The molecule has 0 radical (unpaired) electrons. The zero-order valence-electron chi connectivity index (χ0n) is 6.24. The molecular formula is C7H7BrN2O2. The van der Waals surface area contributed by atoms with Crippen LogP contribution in [0.25, 0.3) is 0 Å². The van der Waals surface area contributed by atoms with Crippen molar-refractivity contribution < 1.29 is 9.47 Å². The number of hydrogen-bond donors (Lipinski definition) is 0. The first kappa shape index (κ1) is 7.94. The second-order valence-electron chi connectivity index (χ2n) is 2.46. The summed E-state index contributed by atoms with van der Waals surface area (Å²) >= 11 is 3.23. The van der Waals surface area contributed by atoms with Gasteiger partial charge in [0.25, 0.3) is 0 Å². The molecule has 4 nitrogen and oxygen atoms in total. The number of ether oxygens (including phenoxy) is 2. The van der Waals surface area contributed by atoms with Crippen LogP contribution in [-0.2, 0) is 4.74 Å². The van der Waals surface area contributed by atoms with Crippen LogP contribution in [0, 0.1) is 0 Å². The molecule has 0 spiro atoms. The lowest BCUT2D eigenvalue weighted by atomic mass is 10.3. The number of rotatable bonds is 2. The lowest BCUT2D eigenvalue weighted by Crippen LogP contribution is -2.38. The van der Waals surface area contributed by atoms with Crippen molar-refractivity contribution in [1.82, 2.24) is 9.97 Å². The van der Waals surface area contributed by atoms with Crippen molar-refractivity contribution in [2.75, 3.05) is 13.2 Å². The number of aromatic nitrogens is 2. The fraction of sp³-hybridized carbons (Fsp3) is 0.429. The molecule has 0 bridgehead atoms. The van der Waals surface area contributed by atoms with Gasteiger partial charge in [-0.2, -0.15) is 0 Å². The van der Waals surface area contributed by atoms with E-state index in [1.165, 1.54) is 6.33 Å². The standard InChI is InChI=1S/C7H7BrN2O2/c8-6-1-7(10-4-9-6)12-5-2-11-3-5/h1,4-5H,2-3H2. The fourth-order valence-corrected chi connectivity index (χ4v) is 1.12. The van der Waals surface area contributed by atoms with E-state index < -0.39 is 0 Å². The second kappa shape index (κ2) is 3.37. The molecule has 0 amide bonds. The van der Waals surface area contributed by atoms with Crippen molar-refractivity contribution in [2.24, 2.45) is 0 Å². The molecule has 2 rings (SSSR count). The van der Waals surface area contributed by atoms with Crippen LogP contribution in [0.5, 0.6) is 5.88 Å². The van der Waals surface area contributed by atoms with E-state index in [2.05, 4.69) is 25.9 Å². The molecule has 0 aliphatic carbocycles. The summed E-state index contributed by atoms with van der Waals surface area (Å²) in [6.45, 7) is 1.31. The van der Waals surface area contributed by atoms with Crippen molar-refractivity contribution in [3.63, 3.8) is 0 Å². The molecule has 0 unspecified atom stereocenters. The van der Waals surface area contributed by atoms with Crippen LogP contribution in [0.3, 0.4) is 0 Å². The molecule has 64 valence electrons. The maximum atomic E-state index is 5.42. The summed E-state index contributed by atoms with van der Waals surface area (Å²) in [5.74, 6) is 0.588. The van der Waals surface area contributed by atoms with E-state index in [0.717, 1.165) is 4.60 Å². The first-order chi connectivity index (χ1) is 5.84. The van der Waals surface area contributed by atoms with Crippen LogP contribution in [0.2, 0.25) is 0 Å². The predicted molar refractivity (Wildman–Crippen MR) is 45.0 cm³/mol. The average Bonchev–Trinajstić information content (AvgIpc) is 1.97. The largest absolute Gasteiger partial charge is 0.469 e. The topological polar surface area (TPSA) is 44.2 Å². The molecule has 5 heteroatoms. The van der Waals surface area contributed by atoms with Crippen LogP contribution >= 0.6 is 15.9 Å². The average molecular weight is 231 g/mol. The zero-order chi connectivity index (χ0) is 8.39. The van der Waals surface area contributed by atoms with Gasteiger partial charge in [-0.05, 0) is 15.9 Å². The highest BCUT2D eigenvalue weighted by molar-refractivity contribution is 9.10. The number of halogens is 1. The van der Waals surface area contributed by atoms with Gasteiger partial charge < -0.3 is 9.47 Å². The van der Waals surface area contributed by atoms with Gasteiger partial charge in [0.05, 0.1) is 13.2 Å². The maximum Gasteiger partial charge on any atom is 0.217 e. The number of hydrogen-bond acceptors (Lipinski definition) is 4. The van der Waals surface area contributed by atoms with Crippen molar-refractivity contribution in [1.29, 1.82) is 0 Å². The summed E-state index contributed by atoms with van der Waals surface area (Å²) < 4.78 is 11.1. The summed E-state index contributed by atoms with van der Waals surface area (Å²) in [4.78, 5) is 7.83. The molecule has 1 fully saturated rings. The molecule has 0 aromatic carbocycles. The smallest absolute Gasteiger partial charge is 0.217 e. The zero-order valence-corrected chi connectivity index (χ0v) is 7.82. The van der Waals surface area contributed by atoms with E-state index in [1.807, 2.05) is 0 Å². The Labute approximate surface area is 78.1 Å². The minimum absolute atomic E-state index is 0.159. The van der Waals surface area contributed by atoms with E-state index in [9.17, 15) is 0 Å². The molecule has 2 heterocycles. The Hall–Kier alpha value is -0.680. The molecule has 1 aliphatic rings. The van der Waals surface area contributed by atoms with Gasteiger partial charge in [-0.25, -0.2) is 9.97 Å². The van der Waals surface area contributed by atoms with E-state index >= 15 is 0 Å². The SMILES string of the molecule is Brc1cc(OC2COC2)ncn1. The van der Waals surface area contributed by atoms with Crippen molar-refractivity contribution in [3.05, 3.63) is 17.0 Å². The molecule has 1 aromatic rings. The fourth-order valence-electron chi connectivity index (χ4n) is 0.835. The lowest BCUT2D eigenvalue weighted by Gasteiger charge is -2.25. The summed E-state index contributed by atoms with van der Waals surface area (Å²) in [6.07, 6.45) is 1.62. The van der Waals surface area contributed by atoms with E-state index in [-0.39, 0.29) is 6.10 Å². The monoisotopic (exact) mass is 230 g/mol. The normalized spacial score (nSPS) is 17.1. The van der Waals surface area contributed by atoms with Gasteiger partial charge in [-0.15, -0.1) is 0 Å². The van der Waals surface area contributed by atoms with E-state index in [4.69, 9.17) is 9.47 Å². The summed E-state index contributed by atoms with van der Waals surface area (Å²) in [5, 5.41) is 0. The van der Waals surface area contributed by atoms with Crippen molar-refractivity contribution >= 4 is 15.9 Å². The highest BCUT2D eigenvalue weighted by Gasteiger charge is 2.20. The summed E-state index contributed by atoms with van der Waals surface area (Å²) in [7, 11) is 0. The molecule has 0 atom stereocenters. The van der Waals surface area contributed by atoms with Crippen molar-refractivity contribution in [2.45, 2.75) is 6.10 Å². The Bertz CT molecular complexity index is 278. The maximum absolute atomic E-state index is 5.42. The summed E-state index contributed by atoms with van der Waals surface area (Å²) in [6, 6.07) is 1.73. The number of nitrogens with zero attached hydrogens (tertiary/aromatic N) is 2.